The van der Waals surface area contributed by atoms with Gasteiger partial charge in [0.2, 0.25) is 11.8 Å². The number of aromatic nitrogens is 6. The van der Waals surface area contributed by atoms with Crippen LogP contribution in [0.3, 0.4) is 0 Å². The highest BCUT2D eigenvalue weighted by Gasteiger charge is 2.78. The number of ether oxygens (including phenoxy) is 1. The molecule has 0 unspecified atom stereocenters. The van der Waals surface area contributed by atoms with Crippen molar-refractivity contribution in [3.05, 3.63) is 119 Å². The van der Waals surface area contributed by atoms with E-state index in [0.717, 1.165) is 33.2 Å². The summed E-state index contributed by atoms with van der Waals surface area (Å²) in [6.07, 6.45) is 4.49. The molecule has 6 aromatic rings. The lowest BCUT2D eigenvalue weighted by atomic mass is 9.85. The molecule has 4 aromatic heterocycles. The molecule has 4 amide bonds. The summed E-state index contributed by atoms with van der Waals surface area (Å²) in [4.78, 5) is 70.3. The first-order valence-electron chi connectivity index (χ1n) is 26.9. The SMILES string of the molecule is Cc1ncsc1-c1ccc(CNC(=O)[C@@H]2C[C@@H](O)CN2C(=O)[C@@H](NC(=O)C2(F)CC2)C(C)(C)C)c(OC2CN(c3ccnc(N4CC([C@@H](c5ccccc5)n5cc(NC(=O)c6n[nH]c7c6C[C@@H]6C(F)(F)[C@]6(C)C7)cn5)C4)c3)C2)c1. The van der Waals surface area contributed by atoms with Crippen LogP contribution in [0.4, 0.5) is 30.4 Å². The van der Waals surface area contributed by atoms with Crippen molar-refractivity contribution in [2.24, 2.45) is 22.7 Å². The molecule has 3 aliphatic heterocycles. The first kappa shape index (κ1) is 52.4. The van der Waals surface area contributed by atoms with E-state index in [4.69, 9.17) is 14.8 Å². The van der Waals surface area contributed by atoms with Crippen molar-refractivity contribution < 1.29 is 42.2 Å². The largest absolute Gasteiger partial charge is 0.486 e. The second kappa shape index (κ2) is 19.5. The highest BCUT2D eigenvalue weighted by molar-refractivity contribution is 7.13. The van der Waals surface area contributed by atoms with Gasteiger partial charge in [-0.1, -0.05) is 70.2 Å². The molecule has 7 heterocycles. The maximum Gasteiger partial charge on any atom is 0.276 e. The number of thiazole rings is 1. The number of amides is 4. The number of benzene rings is 2. The average Bonchev–Trinajstić information content (AvgIpc) is 3.76. The van der Waals surface area contributed by atoms with Gasteiger partial charge in [-0.05, 0) is 54.9 Å². The van der Waals surface area contributed by atoms with E-state index in [-0.39, 0.29) is 69.0 Å². The van der Waals surface area contributed by atoms with Gasteiger partial charge >= 0.3 is 0 Å². The van der Waals surface area contributed by atoms with Gasteiger partial charge in [-0.2, -0.15) is 10.2 Å². The third-order valence-corrected chi connectivity index (χ3v) is 18.1. The zero-order valence-electron chi connectivity index (χ0n) is 44.5. The topological polar surface area (TPSA) is 216 Å². The Kier molecular flexibility index (Phi) is 12.9. The molecular weight excluding hydrogens is 1040 g/mol. The Labute approximate surface area is 458 Å². The third-order valence-electron chi connectivity index (χ3n) is 17.1. The highest BCUT2D eigenvalue weighted by Crippen LogP contribution is 2.70. The number of hydrogen-bond donors (Lipinski definition) is 5. The van der Waals surface area contributed by atoms with Crippen molar-refractivity contribution in [1.29, 1.82) is 0 Å². The number of likely N-dealkylation sites (tertiary alicyclic amines) is 1. The minimum Gasteiger partial charge on any atom is -0.486 e. The quantitative estimate of drug-likeness (QED) is 0.0688. The number of nitrogens with one attached hydrogen (secondary N) is 4. The van der Waals surface area contributed by atoms with E-state index >= 15 is 0 Å². The summed E-state index contributed by atoms with van der Waals surface area (Å²) in [5.41, 5.74) is 4.20. The summed E-state index contributed by atoms with van der Waals surface area (Å²) < 4.78 is 52.6. The smallest absolute Gasteiger partial charge is 0.276 e. The van der Waals surface area contributed by atoms with Crippen LogP contribution in [-0.2, 0) is 33.8 Å². The number of carbonyl (C=O) groups excluding carboxylic acids is 4. The number of hydrogen-bond acceptors (Lipinski definition) is 13. The molecule has 0 spiro atoms. The second-order valence-corrected chi connectivity index (χ2v) is 24.5. The number of β-amino-alcohol motifs (C(OH)–C–C–N with tert-alkyl or cyclic N) is 1. The van der Waals surface area contributed by atoms with Gasteiger partial charge in [-0.25, -0.2) is 23.1 Å². The monoisotopic (exact) mass is 1100 g/mol. The van der Waals surface area contributed by atoms with Crippen LogP contribution in [0.15, 0.2) is 84.8 Å². The summed E-state index contributed by atoms with van der Waals surface area (Å²) in [5.74, 6) is -4.35. The molecular formula is C57H63F3N12O6S. The van der Waals surface area contributed by atoms with Crippen molar-refractivity contribution in [3.8, 4) is 16.2 Å². The molecule has 414 valence electrons. The number of anilines is 3. The molecule has 22 heteroatoms. The van der Waals surface area contributed by atoms with Crippen LogP contribution < -0.4 is 30.5 Å². The number of aromatic amines is 1. The summed E-state index contributed by atoms with van der Waals surface area (Å²) in [6.45, 7) is 11.3. The van der Waals surface area contributed by atoms with E-state index in [1.807, 2.05) is 54.1 Å². The predicted molar refractivity (Wildman–Crippen MR) is 289 cm³/mol. The van der Waals surface area contributed by atoms with Crippen LogP contribution >= 0.6 is 11.3 Å². The van der Waals surface area contributed by atoms with Crippen LogP contribution in [0.5, 0.6) is 5.75 Å². The van der Waals surface area contributed by atoms with E-state index in [0.29, 0.717) is 54.4 Å². The molecule has 79 heavy (non-hydrogen) atoms. The molecule has 3 saturated heterocycles. The maximum absolute atomic E-state index is 14.8. The number of fused-ring (bicyclic) bond motifs is 2. The Morgan fingerprint density at radius 2 is 1.75 bits per heavy atom. The number of nitrogens with zero attached hydrogens (tertiary/aromatic N) is 8. The Hall–Kier alpha value is -7.33. The number of H-pyrrole nitrogens is 1. The van der Waals surface area contributed by atoms with Crippen LogP contribution in [-0.4, -0.2) is 132 Å². The minimum absolute atomic E-state index is 0.00550. The van der Waals surface area contributed by atoms with E-state index in [2.05, 4.69) is 59.1 Å². The van der Waals surface area contributed by atoms with Gasteiger partial charge in [-0.3, -0.25) is 29.0 Å². The highest BCUT2D eigenvalue weighted by atomic mass is 32.1. The molecule has 5 fully saturated rings. The molecule has 2 aromatic carbocycles. The number of alkyl halides is 3. The predicted octanol–water partition coefficient (Wildman–Crippen LogP) is 6.66. The van der Waals surface area contributed by atoms with E-state index in [1.54, 1.807) is 51.8 Å². The second-order valence-electron chi connectivity index (χ2n) is 23.6. The summed E-state index contributed by atoms with van der Waals surface area (Å²) in [5, 5.41) is 31.1. The standard InChI is InChI=1S/C57H63F3N12O6S/c1-31-48(79-30-63-31)33-11-12-34(22-62-50(74)42-19-38(73)27-71(42)52(76)49(54(2,3)4)66-53(77)56(58)14-15-56)43(17-33)78-39-28-69(29-39)37-13-16-61-45(18-37)70-24-35(25-70)47(32-9-7-6-8-10-32)72-26-36(23-64-72)65-51(75)46-40-20-44-55(5,57(44,59)60)21-41(40)67-68-46/h6-13,16-18,23,26,30,35,38-39,42,44,47,49,73H,14-15,19-22,24-25,27-29H2,1-5H3,(H,62,74)(H,65,75)(H,66,77)(H,67,68)/t38-,42+,44+,47-,49-,55-/m1/s1. The minimum atomic E-state index is -2.77. The fourth-order valence-electron chi connectivity index (χ4n) is 12.0. The Bertz CT molecular complexity index is 3350. The molecule has 6 aliphatic rings. The lowest BCUT2D eigenvalue weighted by molar-refractivity contribution is -0.145. The molecule has 2 saturated carbocycles. The van der Waals surface area contributed by atoms with Gasteiger partial charge in [0.25, 0.3) is 17.7 Å². The Morgan fingerprint density at radius 3 is 2.47 bits per heavy atom. The van der Waals surface area contributed by atoms with Gasteiger partial charge in [0, 0.05) is 97.2 Å². The number of halogens is 3. The lowest BCUT2D eigenvalue weighted by Crippen LogP contribution is -2.59. The third kappa shape index (κ3) is 9.67. The van der Waals surface area contributed by atoms with E-state index < -0.39 is 70.2 Å². The van der Waals surface area contributed by atoms with E-state index in [1.165, 1.54) is 16.2 Å². The Morgan fingerprint density at radius 1 is 0.975 bits per heavy atom. The average molecular weight is 1100 g/mol. The first-order chi connectivity index (χ1) is 37.7. The molecule has 3 aliphatic carbocycles. The van der Waals surface area contributed by atoms with Crippen LogP contribution in [0.2, 0.25) is 0 Å². The van der Waals surface area contributed by atoms with Gasteiger partial charge in [-0.15, -0.1) is 11.3 Å². The fraction of sp³-hybridized carbons (Fsp3) is 0.474. The van der Waals surface area contributed by atoms with Crippen LogP contribution in [0.25, 0.3) is 10.4 Å². The molecule has 0 radical (unpaired) electrons. The summed E-state index contributed by atoms with van der Waals surface area (Å²) in [7, 11) is 0. The van der Waals surface area contributed by atoms with Crippen molar-refractivity contribution >= 4 is 52.2 Å². The van der Waals surface area contributed by atoms with Crippen molar-refractivity contribution in [1.82, 2.24) is 45.5 Å². The van der Waals surface area contributed by atoms with E-state index in [9.17, 15) is 37.5 Å². The van der Waals surface area contributed by atoms with Gasteiger partial charge in [0.05, 0.1) is 53.2 Å². The van der Waals surface area contributed by atoms with Gasteiger partial charge in [0.15, 0.2) is 11.4 Å². The van der Waals surface area contributed by atoms with Gasteiger partial charge < -0.3 is 40.5 Å². The zero-order chi connectivity index (χ0) is 55.3. The van der Waals surface area contributed by atoms with Gasteiger partial charge in [0.1, 0.15) is 29.8 Å². The number of aliphatic hydroxyl groups is 1. The van der Waals surface area contributed by atoms with Crippen molar-refractivity contribution in [3.63, 3.8) is 0 Å². The molecule has 6 atom stereocenters. The summed E-state index contributed by atoms with van der Waals surface area (Å²) >= 11 is 1.52. The molecule has 12 rings (SSSR count). The Balaban J connectivity index is 0.687. The maximum atomic E-state index is 14.8. The van der Waals surface area contributed by atoms with Crippen LogP contribution in [0, 0.1) is 29.6 Å². The lowest BCUT2D eigenvalue weighted by Gasteiger charge is -2.45. The number of rotatable bonds is 16. The molecule has 0 bridgehead atoms. The normalized spacial score (nSPS) is 23.6. The fourth-order valence-corrected chi connectivity index (χ4v) is 12.8. The first-order valence-corrected chi connectivity index (χ1v) is 27.8. The molecule has 18 nitrogen and oxygen atoms in total. The zero-order valence-corrected chi connectivity index (χ0v) is 45.3. The summed E-state index contributed by atoms with van der Waals surface area (Å²) in [6, 6.07) is 17.7. The molecule has 5 N–H and O–H groups in total. The van der Waals surface area contributed by atoms with Crippen molar-refractivity contribution in [2.75, 3.05) is 47.8 Å². The number of pyridine rings is 1. The number of carbonyl (C=O) groups is 4. The number of aliphatic hydroxyl groups excluding tert-OH is 1. The van der Waals surface area contributed by atoms with Crippen molar-refractivity contribution in [2.45, 2.75) is 115 Å². The number of aryl methyl sites for hydroxylation is 1. The van der Waals surface area contributed by atoms with Crippen LogP contribution in [0.1, 0.15) is 91.6 Å².